The fourth-order valence-corrected chi connectivity index (χ4v) is 2.43. The highest BCUT2D eigenvalue weighted by atomic mass is 16.5. The lowest BCUT2D eigenvalue weighted by atomic mass is 10.0. The number of nitrogens with zero attached hydrogens (tertiary/aromatic N) is 1. The number of nitriles is 1. The van der Waals surface area contributed by atoms with Crippen molar-refractivity contribution in [1.29, 1.82) is 5.26 Å². The lowest BCUT2D eigenvalue weighted by molar-refractivity contribution is 0.171. The number of benzene rings is 1. The summed E-state index contributed by atoms with van der Waals surface area (Å²) in [6, 6.07) is 7.91. The molecule has 1 aromatic carbocycles. The van der Waals surface area contributed by atoms with E-state index >= 15 is 0 Å². The van der Waals surface area contributed by atoms with Gasteiger partial charge in [-0.1, -0.05) is 6.07 Å². The second-order valence-corrected chi connectivity index (χ2v) is 5.49. The van der Waals surface area contributed by atoms with Gasteiger partial charge in [0.2, 0.25) is 0 Å². The average molecular weight is 274 g/mol. The topological polar surface area (TPSA) is 54.3 Å². The number of methoxy groups -OCH3 is 2. The molecule has 0 bridgehead atoms. The lowest BCUT2D eigenvalue weighted by Gasteiger charge is -2.15. The van der Waals surface area contributed by atoms with Crippen LogP contribution in [0.3, 0.4) is 0 Å². The van der Waals surface area contributed by atoms with Gasteiger partial charge in [-0.25, -0.2) is 0 Å². The van der Waals surface area contributed by atoms with Gasteiger partial charge in [-0.05, 0) is 42.4 Å². The minimum Gasteiger partial charge on any atom is -0.495 e. The van der Waals surface area contributed by atoms with Gasteiger partial charge in [-0.3, -0.25) is 0 Å². The van der Waals surface area contributed by atoms with Gasteiger partial charge in [0, 0.05) is 26.8 Å². The van der Waals surface area contributed by atoms with E-state index in [0.717, 1.165) is 31.7 Å². The summed E-state index contributed by atoms with van der Waals surface area (Å²) >= 11 is 0. The van der Waals surface area contributed by atoms with Crippen molar-refractivity contribution in [3.8, 4) is 11.8 Å². The van der Waals surface area contributed by atoms with Gasteiger partial charge in [0.05, 0.1) is 12.7 Å². The average Bonchev–Trinajstić information content (AvgIpc) is 3.25. The SMILES string of the molecule is COCCC1(CNCc2ccc(OC)c(C#N)c2)CC1. The highest BCUT2D eigenvalue weighted by Crippen LogP contribution is 2.48. The summed E-state index contributed by atoms with van der Waals surface area (Å²) < 4.78 is 10.3. The molecule has 0 aliphatic heterocycles. The Morgan fingerprint density at radius 3 is 2.75 bits per heavy atom. The van der Waals surface area contributed by atoms with Crippen LogP contribution in [0.1, 0.15) is 30.4 Å². The second kappa shape index (κ2) is 6.74. The van der Waals surface area contributed by atoms with Crippen LogP contribution in [0.15, 0.2) is 18.2 Å². The Labute approximate surface area is 120 Å². The molecule has 0 saturated heterocycles. The predicted octanol–water partition coefficient (Wildman–Crippen LogP) is 2.47. The number of rotatable bonds is 8. The zero-order valence-corrected chi connectivity index (χ0v) is 12.2. The molecule has 1 fully saturated rings. The van der Waals surface area contributed by atoms with Gasteiger partial charge in [0.25, 0.3) is 0 Å². The molecular formula is C16H22N2O2. The van der Waals surface area contributed by atoms with Crippen LogP contribution in [0.25, 0.3) is 0 Å². The van der Waals surface area contributed by atoms with Gasteiger partial charge in [0.1, 0.15) is 11.8 Å². The molecule has 0 heterocycles. The van der Waals surface area contributed by atoms with Crippen LogP contribution in [0, 0.1) is 16.7 Å². The van der Waals surface area contributed by atoms with Crippen molar-refractivity contribution >= 4 is 0 Å². The van der Waals surface area contributed by atoms with Crippen molar-refractivity contribution in [2.75, 3.05) is 27.4 Å². The smallest absolute Gasteiger partial charge is 0.136 e. The molecule has 1 saturated carbocycles. The summed E-state index contributed by atoms with van der Waals surface area (Å²) in [6.45, 7) is 2.64. The Hall–Kier alpha value is -1.57. The van der Waals surface area contributed by atoms with E-state index in [1.807, 2.05) is 18.2 Å². The quantitative estimate of drug-likeness (QED) is 0.791. The molecule has 20 heavy (non-hydrogen) atoms. The zero-order chi connectivity index (χ0) is 14.4. The Morgan fingerprint density at radius 2 is 2.15 bits per heavy atom. The Balaban J connectivity index is 1.84. The third-order valence-corrected chi connectivity index (χ3v) is 4.01. The van der Waals surface area contributed by atoms with E-state index in [2.05, 4.69) is 11.4 Å². The fraction of sp³-hybridized carbons (Fsp3) is 0.562. The molecule has 4 heteroatoms. The normalized spacial score (nSPS) is 15.7. The highest BCUT2D eigenvalue weighted by Gasteiger charge is 2.41. The van der Waals surface area contributed by atoms with Crippen molar-refractivity contribution in [2.24, 2.45) is 5.41 Å². The Bertz CT molecular complexity index is 490. The third-order valence-electron chi connectivity index (χ3n) is 4.01. The maximum atomic E-state index is 9.07. The third kappa shape index (κ3) is 3.72. The van der Waals surface area contributed by atoms with Gasteiger partial charge < -0.3 is 14.8 Å². The Morgan fingerprint density at radius 1 is 1.35 bits per heavy atom. The number of hydrogen-bond acceptors (Lipinski definition) is 4. The lowest BCUT2D eigenvalue weighted by Crippen LogP contribution is -2.24. The predicted molar refractivity (Wildman–Crippen MR) is 77.6 cm³/mol. The molecule has 1 aliphatic carbocycles. The number of ether oxygens (including phenoxy) is 2. The Kier molecular flexibility index (Phi) is 4.99. The largest absolute Gasteiger partial charge is 0.495 e. The molecular weight excluding hydrogens is 252 g/mol. The standard InChI is InChI=1S/C16H22N2O2/c1-19-8-7-16(5-6-16)12-18-11-13-3-4-15(20-2)14(9-13)10-17/h3-4,9,18H,5-8,11-12H2,1-2H3. The minimum atomic E-state index is 0.445. The van der Waals surface area contributed by atoms with E-state index in [-0.39, 0.29) is 0 Å². The minimum absolute atomic E-state index is 0.445. The molecule has 1 aromatic rings. The molecule has 0 spiro atoms. The first-order chi connectivity index (χ1) is 9.73. The summed E-state index contributed by atoms with van der Waals surface area (Å²) in [6.07, 6.45) is 3.70. The first-order valence-electron chi connectivity index (χ1n) is 7.00. The maximum Gasteiger partial charge on any atom is 0.136 e. The molecule has 0 radical (unpaired) electrons. The van der Waals surface area contributed by atoms with Crippen molar-refractivity contribution in [3.05, 3.63) is 29.3 Å². The van der Waals surface area contributed by atoms with Crippen LogP contribution in [0.4, 0.5) is 0 Å². The molecule has 0 atom stereocenters. The molecule has 108 valence electrons. The van der Waals surface area contributed by atoms with Crippen molar-refractivity contribution < 1.29 is 9.47 Å². The fourth-order valence-electron chi connectivity index (χ4n) is 2.43. The van der Waals surface area contributed by atoms with Gasteiger partial charge in [-0.15, -0.1) is 0 Å². The van der Waals surface area contributed by atoms with E-state index in [0.29, 0.717) is 16.7 Å². The van der Waals surface area contributed by atoms with Crippen LogP contribution < -0.4 is 10.1 Å². The highest BCUT2D eigenvalue weighted by molar-refractivity contribution is 5.45. The van der Waals surface area contributed by atoms with Crippen molar-refractivity contribution in [2.45, 2.75) is 25.8 Å². The van der Waals surface area contributed by atoms with Crippen LogP contribution in [-0.2, 0) is 11.3 Å². The monoisotopic (exact) mass is 274 g/mol. The van der Waals surface area contributed by atoms with Gasteiger partial charge in [0.15, 0.2) is 0 Å². The van der Waals surface area contributed by atoms with Crippen LogP contribution >= 0.6 is 0 Å². The summed E-state index contributed by atoms with van der Waals surface area (Å²) in [4.78, 5) is 0. The van der Waals surface area contributed by atoms with E-state index in [1.165, 1.54) is 12.8 Å². The molecule has 2 rings (SSSR count). The summed E-state index contributed by atoms with van der Waals surface area (Å²) in [5, 5.41) is 12.6. The molecule has 0 amide bonds. The molecule has 4 nitrogen and oxygen atoms in total. The van der Waals surface area contributed by atoms with Gasteiger partial charge in [-0.2, -0.15) is 5.26 Å². The van der Waals surface area contributed by atoms with E-state index < -0.39 is 0 Å². The summed E-state index contributed by atoms with van der Waals surface area (Å²) in [5.41, 5.74) is 2.15. The van der Waals surface area contributed by atoms with Crippen molar-refractivity contribution in [3.63, 3.8) is 0 Å². The van der Waals surface area contributed by atoms with E-state index in [9.17, 15) is 0 Å². The second-order valence-electron chi connectivity index (χ2n) is 5.49. The van der Waals surface area contributed by atoms with Crippen molar-refractivity contribution in [1.82, 2.24) is 5.32 Å². The van der Waals surface area contributed by atoms with Crippen LogP contribution in [0.2, 0.25) is 0 Å². The number of hydrogen-bond donors (Lipinski definition) is 1. The van der Waals surface area contributed by atoms with E-state index in [1.54, 1.807) is 14.2 Å². The van der Waals surface area contributed by atoms with E-state index in [4.69, 9.17) is 14.7 Å². The van der Waals surface area contributed by atoms with Gasteiger partial charge >= 0.3 is 0 Å². The molecule has 0 aromatic heterocycles. The molecule has 0 unspecified atom stereocenters. The first kappa shape index (κ1) is 14.8. The number of nitrogens with one attached hydrogen (secondary N) is 1. The van der Waals surface area contributed by atoms with Crippen LogP contribution in [-0.4, -0.2) is 27.4 Å². The zero-order valence-electron chi connectivity index (χ0n) is 12.2. The first-order valence-corrected chi connectivity index (χ1v) is 7.00. The van der Waals surface area contributed by atoms with Crippen LogP contribution in [0.5, 0.6) is 5.75 Å². The summed E-state index contributed by atoms with van der Waals surface area (Å²) in [7, 11) is 3.34. The maximum absolute atomic E-state index is 9.07. The molecule has 1 aliphatic rings. The summed E-state index contributed by atoms with van der Waals surface area (Å²) in [5.74, 6) is 0.634. The molecule has 1 N–H and O–H groups in total.